The van der Waals surface area contributed by atoms with Crippen molar-refractivity contribution >= 4 is 0 Å². The van der Waals surface area contributed by atoms with E-state index in [0.717, 1.165) is 25.7 Å². The Hall–Kier alpha value is -0.620. The fourth-order valence-corrected chi connectivity index (χ4v) is 6.95. The standard InChI is InChI=1S/C20H30O5/c1-12-8-15(22)20(10-21)14(4-3-6-19(20)11-24-19)18(12,2)16-9-13-5-7-23-17(13)25-16/h5,7,12-17,21-22H,3-4,6,8-11H2,1-2H3/t12-,13?,14?,15+,16+,17?,18+,19?,20+/m0/s1. The van der Waals surface area contributed by atoms with Crippen LogP contribution in [0, 0.1) is 28.6 Å². The molecule has 2 saturated heterocycles. The molecule has 0 aromatic heterocycles. The summed E-state index contributed by atoms with van der Waals surface area (Å²) in [6.07, 6.45) is 8.04. The van der Waals surface area contributed by atoms with Gasteiger partial charge in [0.25, 0.3) is 0 Å². The lowest BCUT2D eigenvalue weighted by Gasteiger charge is -2.63. The Morgan fingerprint density at radius 2 is 2.08 bits per heavy atom. The third-order valence-electron chi connectivity index (χ3n) is 8.65. The van der Waals surface area contributed by atoms with Crippen LogP contribution in [-0.4, -0.2) is 47.5 Å². The molecule has 4 fully saturated rings. The summed E-state index contributed by atoms with van der Waals surface area (Å²) in [6.45, 7) is 5.24. The number of epoxide rings is 1. The average Bonchev–Trinajstić information content (AvgIpc) is 3.04. The molecule has 0 aromatic rings. The molecule has 2 aliphatic carbocycles. The number of ether oxygens (including phenoxy) is 3. The summed E-state index contributed by atoms with van der Waals surface area (Å²) < 4.78 is 17.9. The SMILES string of the molecule is C[C@H]1C[C@@H](O)[C@@]2(CO)C(CCCC23CO3)[C@]1(C)[C@H]1CC2C=COC2O1. The molecular formula is C20H30O5. The van der Waals surface area contributed by atoms with E-state index >= 15 is 0 Å². The van der Waals surface area contributed by atoms with Crippen molar-refractivity contribution in [3.8, 4) is 0 Å². The molecule has 0 aromatic carbocycles. The molecule has 5 heteroatoms. The van der Waals surface area contributed by atoms with Crippen LogP contribution in [0.5, 0.6) is 0 Å². The molecule has 9 atom stereocenters. The average molecular weight is 350 g/mol. The highest BCUT2D eigenvalue weighted by Crippen LogP contribution is 2.69. The van der Waals surface area contributed by atoms with E-state index in [9.17, 15) is 10.2 Å². The highest BCUT2D eigenvalue weighted by atomic mass is 16.7. The van der Waals surface area contributed by atoms with Crippen LogP contribution in [0.2, 0.25) is 0 Å². The lowest BCUT2D eigenvalue weighted by molar-refractivity contribution is -0.246. The van der Waals surface area contributed by atoms with E-state index in [2.05, 4.69) is 19.9 Å². The first-order chi connectivity index (χ1) is 12.0. The Balaban J connectivity index is 1.55. The summed E-state index contributed by atoms with van der Waals surface area (Å²) in [5.74, 6) is 0.862. The van der Waals surface area contributed by atoms with Gasteiger partial charge < -0.3 is 24.4 Å². The van der Waals surface area contributed by atoms with Crippen LogP contribution in [0.15, 0.2) is 12.3 Å². The number of aliphatic hydroxyl groups is 2. The summed E-state index contributed by atoms with van der Waals surface area (Å²) in [7, 11) is 0. The van der Waals surface area contributed by atoms with Gasteiger partial charge in [0.2, 0.25) is 6.29 Å². The van der Waals surface area contributed by atoms with Gasteiger partial charge in [0.15, 0.2) is 0 Å². The lowest BCUT2D eigenvalue weighted by atomic mass is 9.42. The zero-order valence-electron chi connectivity index (χ0n) is 15.2. The third kappa shape index (κ3) is 1.88. The largest absolute Gasteiger partial charge is 0.472 e. The van der Waals surface area contributed by atoms with Gasteiger partial charge in [-0.1, -0.05) is 20.3 Å². The minimum Gasteiger partial charge on any atom is -0.472 e. The first kappa shape index (κ1) is 16.5. The minimum absolute atomic E-state index is 0.00285. The van der Waals surface area contributed by atoms with Crippen LogP contribution in [0.1, 0.15) is 46.0 Å². The molecule has 2 N–H and O–H groups in total. The second kappa shape index (κ2) is 5.22. The summed E-state index contributed by atoms with van der Waals surface area (Å²) >= 11 is 0. The Morgan fingerprint density at radius 1 is 1.28 bits per heavy atom. The molecule has 0 bridgehead atoms. The minimum atomic E-state index is -0.551. The second-order valence-corrected chi connectivity index (χ2v) is 9.30. The number of hydrogen-bond acceptors (Lipinski definition) is 5. The Kier molecular flexibility index (Phi) is 3.45. The normalized spacial score (nSPS) is 59.5. The van der Waals surface area contributed by atoms with Gasteiger partial charge in [0.1, 0.15) is 5.60 Å². The van der Waals surface area contributed by atoms with Crippen molar-refractivity contribution in [2.75, 3.05) is 13.2 Å². The van der Waals surface area contributed by atoms with Crippen molar-refractivity contribution < 1.29 is 24.4 Å². The van der Waals surface area contributed by atoms with E-state index in [4.69, 9.17) is 14.2 Å². The van der Waals surface area contributed by atoms with E-state index in [1.54, 1.807) is 6.26 Å². The highest BCUT2D eigenvalue weighted by Gasteiger charge is 2.74. The smallest absolute Gasteiger partial charge is 0.205 e. The van der Waals surface area contributed by atoms with Gasteiger partial charge in [0, 0.05) is 11.3 Å². The van der Waals surface area contributed by atoms with Crippen LogP contribution in [0.25, 0.3) is 0 Å². The van der Waals surface area contributed by atoms with Crippen molar-refractivity contribution in [1.29, 1.82) is 0 Å². The van der Waals surface area contributed by atoms with Gasteiger partial charge in [0.05, 0.1) is 37.1 Å². The van der Waals surface area contributed by atoms with E-state index < -0.39 is 11.5 Å². The van der Waals surface area contributed by atoms with Gasteiger partial charge >= 0.3 is 0 Å². The molecule has 0 amide bonds. The fourth-order valence-electron chi connectivity index (χ4n) is 6.95. The molecule has 5 nitrogen and oxygen atoms in total. The molecule has 2 saturated carbocycles. The third-order valence-corrected chi connectivity index (χ3v) is 8.65. The van der Waals surface area contributed by atoms with E-state index in [1.807, 2.05) is 0 Å². The quantitative estimate of drug-likeness (QED) is 0.747. The maximum atomic E-state index is 11.1. The maximum absolute atomic E-state index is 11.1. The highest BCUT2D eigenvalue weighted by molar-refractivity contribution is 5.22. The van der Waals surface area contributed by atoms with E-state index in [0.29, 0.717) is 24.9 Å². The molecule has 140 valence electrons. The molecule has 0 radical (unpaired) electrons. The lowest BCUT2D eigenvalue weighted by Crippen LogP contribution is -2.68. The monoisotopic (exact) mass is 350 g/mol. The number of rotatable bonds is 2. The van der Waals surface area contributed by atoms with Crippen LogP contribution in [0.3, 0.4) is 0 Å². The molecule has 3 aliphatic heterocycles. The number of aliphatic hydroxyl groups excluding tert-OH is 2. The first-order valence-electron chi connectivity index (χ1n) is 9.88. The molecule has 5 rings (SSSR count). The summed E-state index contributed by atoms with van der Waals surface area (Å²) in [5, 5.41) is 21.6. The summed E-state index contributed by atoms with van der Waals surface area (Å²) in [6, 6.07) is 0. The molecule has 4 unspecified atom stereocenters. The number of hydrogen-bond donors (Lipinski definition) is 2. The topological polar surface area (TPSA) is 71.5 Å². The zero-order valence-corrected chi connectivity index (χ0v) is 15.2. The molecule has 5 aliphatic rings. The zero-order chi connectivity index (χ0) is 17.4. The van der Waals surface area contributed by atoms with Gasteiger partial charge in [-0.15, -0.1) is 0 Å². The predicted octanol–water partition coefficient (Wildman–Crippen LogP) is 2.22. The van der Waals surface area contributed by atoms with Crippen molar-refractivity contribution in [2.45, 2.75) is 70.1 Å². The van der Waals surface area contributed by atoms with Gasteiger partial charge in [-0.2, -0.15) is 0 Å². The molecule has 3 heterocycles. The molecular weight excluding hydrogens is 320 g/mol. The van der Waals surface area contributed by atoms with Crippen LogP contribution in [0.4, 0.5) is 0 Å². The molecule has 25 heavy (non-hydrogen) atoms. The van der Waals surface area contributed by atoms with Crippen molar-refractivity contribution in [3.05, 3.63) is 12.3 Å². The Bertz CT molecular complexity index is 587. The number of fused-ring (bicyclic) bond motifs is 3. The fraction of sp³-hybridized carbons (Fsp3) is 0.900. The van der Waals surface area contributed by atoms with Crippen LogP contribution in [-0.2, 0) is 14.2 Å². The second-order valence-electron chi connectivity index (χ2n) is 9.30. The van der Waals surface area contributed by atoms with Gasteiger partial charge in [-0.3, -0.25) is 0 Å². The maximum Gasteiger partial charge on any atom is 0.205 e. The van der Waals surface area contributed by atoms with Gasteiger partial charge in [-0.05, 0) is 43.6 Å². The van der Waals surface area contributed by atoms with E-state index in [-0.39, 0.29) is 35.9 Å². The predicted molar refractivity (Wildman–Crippen MR) is 90.4 cm³/mol. The van der Waals surface area contributed by atoms with Crippen molar-refractivity contribution in [2.24, 2.45) is 28.6 Å². The molecule has 1 spiro atoms. The summed E-state index contributed by atoms with van der Waals surface area (Å²) in [5.41, 5.74) is -0.969. The first-order valence-corrected chi connectivity index (χ1v) is 9.88. The van der Waals surface area contributed by atoms with Gasteiger partial charge in [-0.25, -0.2) is 0 Å². The Labute approximate surface area is 149 Å². The summed E-state index contributed by atoms with van der Waals surface area (Å²) in [4.78, 5) is 0. The Morgan fingerprint density at radius 3 is 2.76 bits per heavy atom. The van der Waals surface area contributed by atoms with Crippen molar-refractivity contribution in [1.82, 2.24) is 0 Å². The van der Waals surface area contributed by atoms with E-state index in [1.165, 1.54) is 0 Å². The van der Waals surface area contributed by atoms with Crippen molar-refractivity contribution in [3.63, 3.8) is 0 Å². The van der Waals surface area contributed by atoms with Crippen LogP contribution < -0.4 is 0 Å². The van der Waals surface area contributed by atoms with Crippen LogP contribution >= 0.6 is 0 Å².